The molecule has 0 aliphatic carbocycles. The Kier molecular flexibility index (Phi) is 5.90. The number of rotatable bonds is 6. The second-order valence-corrected chi connectivity index (χ2v) is 4.30. The Hall–Kier alpha value is -0.790. The predicted molar refractivity (Wildman–Crippen MR) is 64.4 cm³/mol. The SMILES string of the molecule is NCc1cccc(Br)c1OCCOCC(F)(F)F. The molecule has 0 fully saturated rings. The molecule has 3 nitrogen and oxygen atoms in total. The van der Waals surface area contributed by atoms with Crippen molar-refractivity contribution in [2.45, 2.75) is 12.7 Å². The van der Waals surface area contributed by atoms with Gasteiger partial charge in [0.25, 0.3) is 0 Å². The van der Waals surface area contributed by atoms with Gasteiger partial charge in [-0.15, -0.1) is 0 Å². The Morgan fingerprint density at radius 2 is 1.94 bits per heavy atom. The molecular formula is C11H13BrF3NO2. The first kappa shape index (κ1) is 15.3. The lowest BCUT2D eigenvalue weighted by Crippen LogP contribution is -2.19. The van der Waals surface area contributed by atoms with E-state index < -0.39 is 12.8 Å². The summed E-state index contributed by atoms with van der Waals surface area (Å²) in [6.07, 6.45) is -4.31. The Labute approximate surface area is 111 Å². The number of halogens is 4. The van der Waals surface area contributed by atoms with Crippen LogP contribution < -0.4 is 10.5 Å². The first-order valence-corrected chi connectivity index (χ1v) is 5.98. The van der Waals surface area contributed by atoms with E-state index in [4.69, 9.17) is 10.5 Å². The molecule has 0 aliphatic heterocycles. The number of hydrogen-bond donors (Lipinski definition) is 1. The lowest BCUT2D eigenvalue weighted by molar-refractivity contribution is -0.175. The molecule has 18 heavy (non-hydrogen) atoms. The number of benzene rings is 1. The Balaban J connectivity index is 2.40. The maximum absolute atomic E-state index is 11.8. The van der Waals surface area contributed by atoms with Gasteiger partial charge in [0.05, 0.1) is 11.1 Å². The molecule has 102 valence electrons. The first-order valence-electron chi connectivity index (χ1n) is 5.19. The molecule has 0 unspecified atom stereocenters. The lowest BCUT2D eigenvalue weighted by Gasteiger charge is -2.13. The van der Waals surface area contributed by atoms with Crippen LogP contribution in [0.5, 0.6) is 5.75 Å². The smallest absolute Gasteiger partial charge is 0.411 e. The minimum atomic E-state index is -4.31. The summed E-state index contributed by atoms with van der Waals surface area (Å²) in [7, 11) is 0. The van der Waals surface area contributed by atoms with Crippen LogP contribution in [0.1, 0.15) is 5.56 Å². The second kappa shape index (κ2) is 6.96. The first-order chi connectivity index (χ1) is 8.44. The van der Waals surface area contributed by atoms with Crippen LogP contribution in [0.15, 0.2) is 22.7 Å². The Morgan fingerprint density at radius 1 is 1.22 bits per heavy atom. The summed E-state index contributed by atoms with van der Waals surface area (Å²) >= 11 is 3.29. The van der Waals surface area contributed by atoms with Crippen molar-refractivity contribution in [2.75, 3.05) is 19.8 Å². The fourth-order valence-electron chi connectivity index (χ4n) is 1.27. The predicted octanol–water partition coefficient (Wildman–Crippen LogP) is 2.87. The fourth-order valence-corrected chi connectivity index (χ4v) is 1.79. The summed E-state index contributed by atoms with van der Waals surface area (Å²) in [5, 5.41) is 0. The van der Waals surface area contributed by atoms with Crippen molar-refractivity contribution in [3.8, 4) is 5.75 Å². The van der Waals surface area contributed by atoms with Gasteiger partial charge in [-0.25, -0.2) is 0 Å². The van der Waals surface area contributed by atoms with Gasteiger partial charge < -0.3 is 15.2 Å². The summed E-state index contributed by atoms with van der Waals surface area (Å²) in [5.41, 5.74) is 6.30. The highest BCUT2D eigenvalue weighted by atomic mass is 79.9. The summed E-state index contributed by atoms with van der Waals surface area (Å²) < 4.78 is 45.9. The summed E-state index contributed by atoms with van der Waals surface area (Å²) in [6.45, 7) is -1.08. The molecule has 0 atom stereocenters. The van der Waals surface area contributed by atoms with Gasteiger partial charge in [0.15, 0.2) is 0 Å². The van der Waals surface area contributed by atoms with Crippen molar-refractivity contribution >= 4 is 15.9 Å². The normalized spacial score (nSPS) is 11.6. The van der Waals surface area contributed by atoms with Crippen LogP contribution in [0, 0.1) is 0 Å². The number of hydrogen-bond acceptors (Lipinski definition) is 3. The molecule has 1 aromatic carbocycles. The van der Waals surface area contributed by atoms with Gasteiger partial charge in [-0.1, -0.05) is 12.1 Å². The zero-order valence-corrected chi connectivity index (χ0v) is 11.1. The standard InChI is InChI=1S/C11H13BrF3NO2/c12-9-3-1-2-8(6-16)10(9)18-5-4-17-7-11(13,14)15/h1-3H,4-7,16H2. The third-order valence-electron chi connectivity index (χ3n) is 2.01. The average molecular weight is 328 g/mol. The van der Waals surface area contributed by atoms with Crippen LogP contribution in [0.4, 0.5) is 13.2 Å². The van der Waals surface area contributed by atoms with Gasteiger partial charge in [0.2, 0.25) is 0 Å². The number of nitrogens with two attached hydrogens (primary N) is 1. The van der Waals surface area contributed by atoms with Gasteiger partial charge in [-0.05, 0) is 22.0 Å². The van der Waals surface area contributed by atoms with Crippen LogP contribution in [-0.4, -0.2) is 26.0 Å². The van der Waals surface area contributed by atoms with E-state index in [-0.39, 0.29) is 19.8 Å². The molecule has 2 N–H and O–H groups in total. The van der Waals surface area contributed by atoms with Crippen molar-refractivity contribution in [3.63, 3.8) is 0 Å². The van der Waals surface area contributed by atoms with Gasteiger partial charge >= 0.3 is 6.18 Å². The van der Waals surface area contributed by atoms with E-state index in [2.05, 4.69) is 20.7 Å². The largest absolute Gasteiger partial charge is 0.490 e. The molecule has 0 amide bonds. The number of ether oxygens (including phenoxy) is 2. The van der Waals surface area contributed by atoms with E-state index in [0.29, 0.717) is 10.2 Å². The van der Waals surface area contributed by atoms with Crippen molar-refractivity contribution in [1.29, 1.82) is 0 Å². The molecule has 0 radical (unpaired) electrons. The van der Waals surface area contributed by atoms with E-state index in [0.717, 1.165) is 5.56 Å². The van der Waals surface area contributed by atoms with Crippen molar-refractivity contribution in [1.82, 2.24) is 0 Å². The fraction of sp³-hybridized carbons (Fsp3) is 0.455. The third-order valence-corrected chi connectivity index (χ3v) is 2.63. The summed E-state index contributed by atoms with van der Waals surface area (Å²) in [6, 6.07) is 5.36. The van der Waals surface area contributed by atoms with Gasteiger partial charge in [0, 0.05) is 12.1 Å². The minimum Gasteiger partial charge on any atom is -0.490 e. The molecule has 1 rings (SSSR count). The molecule has 0 saturated carbocycles. The highest BCUT2D eigenvalue weighted by Crippen LogP contribution is 2.28. The maximum Gasteiger partial charge on any atom is 0.411 e. The maximum atomic E-state index is 11.8. The van der Waals surface area contributed by atoms with Crippen LogP contribution >= 0.6 is 15.9 Å². The average Bonchev–Trinajstić information content (AvgIpc) is 2.29. The zero-order valence-electron chi connectivity index (χ0n) is 9.47. The molecular weight excluding hydrogens is 315 g/mol. The molecule has 0 saturated heterocycles. The van der Waals surface area contributed by atoms with E-state index in [1.165, 1.54) is 0 Å². The molecule has 0 heterocycles. The van der Waals surface area contributed by atoms with Crippen LogP contribution in [0.3, 0.4) is 0 Å². The zero-order chi connectivity index (χ0) is 13.6. The third kappa shape index (κ3) is 5.24. The Bertz CT molecular complexity index is 385. The summed E-state index contributed by atoms with van der Waals surface area (Å²) in [4.78, 5) is 0. The van der Waals surface area contributed by atoms with E-state index in [1.54, 1.807) is 18.2 Å². The highest BCUT2D eigenvalue weighted by Gasteiger charge is 2.27. The number of alkyl halides is 3. The molecule has 7 heteroatoms. The van der Waals surface area contributed by atoms with Crippen LogP contribution in [0.25, 0.3) is 0 Å². The second-order valence-electron chi connectivity index (χ2n) is 3.45. The van der Waals surface area contributed by atoms with Gasteiger partial charge in [0.1, 0.15) is 19.0 Å². The molecule has 1 aromatic rings. The van der Waals surface area contributed by atoms with Gasteiger partial charge in [-0.2, -0.15) is 13.2 Å². The van der Waals surface area contributed by atoms with E-state index in [9.17, 15) is 13.2 Å². The van der Waals surface area contributed by atoms with Crippen LogP contribution in [-0.2, 0) is 11.3 Å². The molecule has 0 aliphatic rings. The van der Waals surface area contributed by atoms with E-state index in [1.807, 2.05) is 0 Å². The quantitative estimate of drug-likeness (QED) is 0.817. The summed E-state index contributed by atoms with van der Waals surface area (Å²) in [5.74, 6) is 0.538. The topological polar surface area (TPSA) is 44.5 Å². The van der Waals surface area contributed by atoms with Crippen molar-refractivity contribution in [3.05, 3.63) is 28.2 Å². The highest BCUT2D eigenvalue weighted by molar-refractivity contribution is 9.10. The van der Waals surface area contributed by atoms with Crippen LogP contribution in [0.2, 0.25) is 0 Å². The van der Waals surface area contributed by atoms with Gasteiger partial charge in [-0.3, -0.25) is 0 Å². The molecule has 0 bridgehead atoms. The lowest BCUT2D eigenvalue weighted by atomic mass is 10.2. The number of para-hydroxylation sites is 1. The molecule has 0 aromatic heterocycles. The monoisotopic (exact) mass is 327 g/mol. The van der Waals surface area contributed by atoms with Crippen molar-refractivity contribution in [2.24, 2.45) is 5.73 Å². The van der Waals surface area contributed by atoms with Crippen molar-refractivity contribution < 1.29 is 22.6 Å². The minimum absolute atomic E-state index is 0.0334. The van der Waals surface area contributed by atoms with E-state index >= 15 is 0 Å². The Morgan fingerprint density at radius 3 is 2.56 bits per heavy atom. The molecule has 0 spiro atoms.